The summed E-state index contributed by atoms with van der Waals surface area (Å²) in [7, 11) is 0. The third kappa shape index (κ3) is 1.46. The van der Waals surface area contributed by atoms with Gasteiger partial charge in [0.05, 0.1) is 11.5 Å². The number of dihydropyridines is 1. The summed E-state index contributed by atoms with van der Waals surface area (Å²) in [4.78, 5) is 20.7. The summed E-state index contributed by atoms with van der Waals surface area (Å²) in [6.45, 7) is 0. The monoisotopic (exact) mass is 153 g/mol. The molecule has 0 spiro atoms. The van der Waals surface area contributed by atoms with Crippen molar-refractivity contribution in [2.24, 2.45) is 5.92 Å². The molecule has 1 rings (SSSR count). The van der Waals surface area contributed by atoms with E-state index in [1.165, 1.54) is 18.5 Å². The van der Waals surface area contributed by atoms with E-state index in [-0.39, 0.29) is 5.57 Å². The largest absolute Gasteiger partial charge is 0.478 e. The molecule has 58 valence electrons. The quantitative estimate of drug-likeness (QED) is 0.543. The lowest BCUT2D eigenvalue weighted by Gasteiger charge is -2.10. The molecular weight excluding hydrogens is 146 g/mol. The summed E-state index contributed by atoms with van der Waals surface area (Å²) in [5.74, 6) is -1.69. The summed E-state index contributed by atoms with van der Waals surface area (Å²) in [5, 5.41) is 11.1. The maximum absolute atomic E-state index is 10.4. The van der Waals surface area contributed by atoms with Crippen LogP contribution in [0.15, 0.2) is 24.0 Å². The molecule has 0 aromatic carbocycles. The lowest BCUT2D eigenvalue weighted by atomic mass is 10.0. The summed E-state index contributed by atoms with van der Waals surface area (Å²) in [6.07, 6.45) is 4.93. The van der Waals surface area contributed by atoms with Crippen LogP contribution >= 0.6 is 0 Å². The van der Waals surface area contributed by atoms with Gasteiger partial charge in [-0.25, -0.2) is 4.79 Å². The van der Waals surface area contributed by atoms with E-state index in [1.807, 2.05) is 0 Å². The molecule has 1 aliphatic rings. The molecule has 11 heavy (non-hydrogen) atoms. The third-order valence-corrected chi connectivity index (χ3v) is 1.39. The third-order valence-electron chi connectivity index (χ3n) is 1.39. The second-order valence-corrected chi connectivity index (χ2v) is 2.09. The first kappa shape index (κ1) is 7.53. The zero-order valence-corrected chi connectivity index (χ0v) is 5.65. The Balaban J connectivity index is 2.84. The van der Waals surface area contributed by atoms with Gasteiger partial charge in [0.1, 0.15) is 6.29 Å². The van der Waals surface area contributed by atoms with Crippen LogP contribution in [0.25, 0.3) is 0 Å². The van der Waals surface area contributed by atoms with Gasteiger partial charge in [-0.2, -0.15) is 0 Å². The topological polar surface area (TPSA) is 66.4 Å². The number of allylic oxidation sites excluding steroid dienone is 1. The van der Waals surface area contributed by atoms with Crippen molar-refractivity contribution in [2.45, 2.75) is 0 Å². The van der Waals surface area contributed by atoms with Gasteiger partial charge in [-0.05, 0) is 6.20 Å². The van der Waals surface area contributed by atoms with Crippen molar-refractivity contribution in [3.63, 3.8) is 0 Å². The minimum atomic E-state index is -1.07. The predicted molar refractivity (Wildman–Crippen MR) is 37.5 cm³/mol. The smallest absolute Gasteiger partial charge is 0.334 e. The number of hydrogen-bond donors (Lipinski definition) is 2. The maximum atomic E-state index is 10.4. The Morgan fingerprint density at radius 1 is 1.73 bits per heavy atom. The van der Waals surface area contributed by atoms with Crippen molar-refractivity contribution in [1.29, 1.82) is 0 Å². The minimum absolute atomic E-state index is 0.0718. The molecule has 0 saturated carbocycles. The summed E-state index contributed by atoms with van der Waals surface area (Å²) < 4.78 is 0. The second kappa shape index (κ2) is 3.01. The highest BCUT2D eigenvalue weighted by atomic mass is 16.4. The molecule has 0 saturated heterocycles. The van der Waals surface area contributed by atoms with E-state index in [4.69, 9.17) is 5.11 Å². The molecule has 4 nitrogen and oxygen atoms in total. The van der Waals surface area contributed by atoms with Crippen LogP contribution in [0, 0.1) is 5.92 Å². The summed E-state index contributed by atoms with van der Waals surface area (Å²) in [5.41, 5.74) is 0.0718. The molecule has 0 aliphatic carbocycles. The van der Waals surface area contributed by atoms with Crippen LogP contribution in [-0.4, -0.2) is 17.4 Å². The van der Waals surface area contributed by atoms with Crippen LogP contribution in [0.4, 0.5) is 0 Å². The molecule has 0 amide bonds. The Kier molecular flexibility index (Phi) is 2.06. The van der Waals surface area contributed by atoms with Crippen LogP contribution in [0.3, 0.4) is 0 Å². The standard InChI is InChI=1S/C7H7NO3/c9-4-5-1-2-8-3-6(5)7(10)11/h1-5,8H,(H,10,11). The number of carboxylic acids is 1. The van der Waals surface area contributed by atoms with Crippen molar-refractivity contribution in [2.75, 3.05) is 0 Å². The highest BCUT2D eigenvalue weighted by Crippen LogP contribution is 2.12. The van der Waals surface area contributed by atoms with Gasteiger partial charge in [0.25, 0.3) is 0 Å². The molecule has 0 fully saturated rings. The normalized spacial score (nSPS) is 21.8. The number of carboxylic acid groups (broad SMARTS) is 1. The molecule has 1 aliphatic heterocycles. The van der Waals surface area contributed by atoms with Crippen molar-refractivity contribution < 1.29 is 14.7 Å². The molecular formula is C7H7NO3. The molecule has 0 bridgehead atoms. The van der Waals surface area contributed by atoms with Gasteiger partial charge >= 0.3 is 5.97 Å². The highest BCUT2D eigenvalue weighted by molar-refractivity contribution is 5.92. The molecule has 2 N–H and O–H groups in total. The fraction of sp³-hybridized carbons (Fsp3) is 0.143. The highest BCUT2D eigenvalue weighted by Gasteiger charge is 2.18. The Morgan fingerprint density at radius 3 is 2.91 bits per heavy atom. The molecule has 0 radical (unpaired) electrons. The van der Waals surface area contributed by atoms with E-state index in [0.29, 0.717) is 6.29 Å². The molecule has 0 aromatic heterocycles. The van der Waals surface area contributed by atoms with Gasteiger partial charge in [-0.1, -0.05) is 6.08 Å². The van der Waals surface area contributed by atoms with Gasteiger partial charge in [0, 0.05) is 6.20 Å². The Bertz CT molecular complexity index is 242. The average molecular weight is 153 g/mol. The zero-order chi connectivity index (χ0) is 8.27. The molecule has 4 heteroatoms. The zero-order valence-electron chi connectivity index (χ0n) is 5.65. The lowest BCUT2D eigenvalue weighted by molar-refractivity contribution is -0.133. The number of aldehydes is 1. The SMILES string of the molecule is O=CC1C=CNC=C1C(=O)O. The number of rotatable bonds is 2. The van der Waals surface area contributed by atoms with Crippen molar-refractivity contribution >= 4 is 12.3 Å². The van der Waals surface area contributed by atoms with Gasteiger partial charge < -0.3 is 15.2 Å². The second-order valence-electron chi connectivity index (χ2n) is 2.09. The number of aliphatic carboxylic acids is 1. The van der Waals surface area contributed by atoms with Gasteiger partial charge in [0.2, 0.25) is 0 Å². The first-order chi connectivity index (χ1) is 5.25. The fourth-order valence-corrected chi connectivity index (χ4v) is 0.820. The molecule has 1 unspecified atom stereocenters. The molecule has 0 aromatic rings. The van der Waals surface area contributed by atoms with E-state index < -0.39 is 11.9 Å². The average Bonchev–Trinajstić information content (AvgIpc) is 2.04. The molecule has 1 heterocycles. The van der Waals surface area contributed by atoms with E-state index in [0.717, 1.165) is 0 Å². The van der Waals surface area contributed by atoms with Crippen molar-refractivity contribution in [3.05, 3.63) is 24.0 Å². The minimum Gasteiger partial charge on any atom is -0.478 e. The van der Waals surface area contributed by atoms with Crippen LogP contribution in [0.5, 0.6) is 0 Å². The Hall–Kier alpha value is -1.58. The summed E-state index contributed by atoms with van der Waals surface area (Å²) in [6, 6.07) is 0. The van der Waals surface area contributed by atoms with E-state index in [9.17, 15) is 9.59 Å². The first-order valence-electron chi connectivity index (χ1n) is 3.07. The van der Waals surface area contributed by atoms with Crippen molar-refractivity contribution in [3.8, 4) is 0 Å². The number of nitrogens with one attached hydrogen (secondary N) is 1. The maximum Gasteiger partial charge on any atom is 0.334 e. The first-order valence-corrected chi connectivity index (χ1v) is 3.07. The predicted octanol–water partition coefficient (Wildman–Crippen LogP) is -0.113. The van der Waals surface area contributed by atoms with Crippen LogP contribution in [-0.2, 0) is 9.59 Å². The summed E-state index contributed by atoms with van der Waals surface area (Å²) >= 11 is 0. The molecule has 1 atom stereocenters. The van der Waals surface area contributed by atoms with E-state index in [2.05, 4.69) is 5.32 Å². The Morgan fingerprint density at radius 2 is 2.45 bits per heavy atom. The van der Waals surface area contributed by atoms with Crippen LogP contribution in [0.2, 0.25) is 0 Å². The van der Waals surface area contributed by atoms with Crippen LogP contribution < -0.4 is 5.32 Å². The fourth-order valence-electron chi connectivity index (χ4n) is 0.820. The van der Waals surface area contributed by atoms with E-state index in [1.54, 1.807) is 0 Å². The van der Waals surface area contributed by atoms with Crippen LogP contribution in [0.1, 0.15) is 0 Å². The lowest BCUT2D eigenvalue weighted by Crippen LogP contribution is -2.18. The number of hydrogen-bond acceptors (Lipinski definition) is 3. The van der Waals surface area contributed by atoms with Gasteiger partial charge in [-0.15, -0.1) is 0 Å². The van der Waals surface area contributed by atoms with Gasteiger partial charge in [-0.3, -0.25) is 0 Å². The number of carbonyl (C=O) groups excluding carboxylic acids is 1. The van der Waals surface area contributed by atoms with E-state index >= 15 is 0 Å². The Labute approximate surface area is 63.2 Å². The number of carbonyl (C=O) groups is 2. The van der Waals surface area contributed by atoms with Gasteiger partial charge in [0.15, 0.2) is 0 Å². The van der Waals surface area contributed by atoms with Crippen molar-refractivity contribution in [1.82, 2.24) is 5.32 Å².